The SMILES string of the molecule is CCCCOCC1CC(c2cc(CC3Cc4ccccc4S3)ccc2OCCNC(C)=O)[C@H](OCCCC)C(OCCCC)[C@@H]1OCCCC. The molecular weight excluding hydrogens is 647 g/mol. The zero-order chi connectivity index (χ0) is 35.6. The van der Waals surface area contributed by atoms with Gasteiger partial charge in [0.05, 0.1) is 25.4 Å². The van der Waals surface area contributed by atoms with Crippen molar-refractivity contribution in [3.05, 3.63) is 59.2 Å². The molecule has 6 atom stereocenters. The molecule has 50 heavy (non-hydrogen) atoms. The fourth-order valence-corrected chi connectivity index (χ4v) is 8.47. The van der Waals surface area contributed by atoms with Crippen molar-refractivity contribution in [2.24, 2.45) is 5.92 Å². The van der Waals surface area contributed by atoms with Gasteiger partial charge in [-0.15, -0.1) is 11.8 Å². The van der Waals surface area contributed by atoms with Crippen LogP contribution in [0.25, 0.3) is 0 Å². The van der Waals surface area contributed by atoms with Crippen LogP contribution in [-0.4, -0.2) is 75.7 Å². The maximum Gasteiger partial charge on any atom is 0.216 e. The molecule has 2 aromatic carbocycles. The molecular formula is C42H65NO6S. The molecule has 2 aliphatic rings. The highest BCUT2D eigenvalue weighted by Gasteiger charge is 2.48. The van der Waals surface area contributed by atoms with E-state index in [1.807, 2.05) is 11.8 Å². The van der Waals surface area contributed by atoms with Crippen molar-refractivity contribution in [3.8, 4) is 5.75 Å². The first kappa shape index (κ1) is 40.7. The lowest BCUT2D eigenvalue weighted by atomic mass is 9.72. The first-order valence-electron chi connectivity index (χ1n) is 19.7. The summed E-state index contributed by atoms with van der Waals surface area (Å²) in [6.07, 6.45) is 10.8. The zero-order valence-electron chi connectivity index (χ0n) is 31.6. The van der Waals surface area contributed by atoms with Crippen LogP contribution in [0.1, 0.15) is 115 Å². The molecule has 0 aromatic heterocycles. The summed E-state index contributed by atoms with van der Waals surface area (Å²) in [7, 11) is 0. The second-order valence-corrected chi connectivity index (χ2v) is 15.4. The smallest absolute Gasteiger partial charge is 0.216 e. The number of amides is 1. The van der Waals surface area contributed by atoms with Crippen LogP contribution in [0.3, 0.4) is 0 Å². The number of unbranched alkanes of at least 4 members (excludes halogenated alkanes) is 4. The maximum absolute atomic E-state index is 11.6. The number of hydrogen-bond donors (Lipinski definition) is 1. The molecule has 0 bridgehead atoms. The number of rotatable bonds is 24. The van der Waals surface area contributed by atoms with E-state index in [1.165, 1.54) is 21.6 Å². The molecule has 4 unspecified atom stereocenters. The average Bonchev–Trinajstić information content (AvgIpc) is 3.53. The number of fused-ring (bicyclic) bond motifs is 1. The first-order chi connectivity index (χ1) is 24.5. The van der Waals surface area contributed by atoms with E-state index in [0.29, 0.717) is 44.8 Å². The van der Waals surface area contributed by atoms with Crippen LogP contribution in [0.4, 0.5) is 0 Å². The molecule has 1 fully saturated rings. The molecule has 1 saturated carbocycles. The molecule has 4 rings (SSSR count). The second kappa shape index (κ2) is 22.8. The predicted octanol–water partition coefficient (Wildman–Crippen LogP) is 8.94. The summed E-state index contributed by atoms with van der Waals surface area (Å²) < 4.78 is 33.4. The van der Waals surface area contributed by atoms with Crippen LogP contribution in [0.5, 0.6) is 5.75 Å². The Morgan fingerprint density at radius 2 is 1.46 bits per heavy atom. The number of hydrogen-bond acceptors (Lipinski definition) is 7. The standard InChI is InChI=1S/C42H65NO6S/c1-6-10-21-45-30-34-29-37(41(48-23-12-8-3)42(49-24-13-9-4)40(34)47-22-11-7-2)36-27-32(18-19-38(36)46-25-20-43-31(5)44)26-35-28-33-16-14-15-17-39(33)50-35/h14-19,27,34-35,37,40-42H,6-13,20-26,28-30H2,1-5H3,(H,43,44)/t34?,35?,37?,40-,41+,42?/m1/s1. The predicted molar refractivity (Wildman–Crippen MR) is 205 cm³/mol. The Balaban J connectivity index is 1.71. The molecule has 0 saturated heterocycles. The van der Waals surface area contributed by atoms with Crippen molar-refractivity contribution in [1.29, 1.82) is 0 Å². The van der Waals surface area contributed by atoms with Crippen molar-refractivity contribution in [1.82, 2.24) is 5.32 Å². The topological polar surface area (TPSA) is 75.3 Å². The maximum atomic E-state index is 11.6. The van der Waals surface area contributed by atoms with Gasteiger partial charge < -0.3 is 29.0 Å². The quantitative estimate of drug-likeness (QED) is 0.109. The lowest BCUT2D eigenvalue weighted by Crippen LogP contribution is -2.55. The highest BCUT2D eigenvalue weighted by Crippen LogP contribution is 2.45. The van der Waals surface area contributed by atoms with E-state index in [-0.39, 0.29) is 36.1 Å². The molecule has 7 nitrogen and oxygen atoms in total. The van der Waals surface area contributed by atoms with Gasteiger partial charge >= 0.3 is 0 Å². The number of nitrogens with one attached hydrogen (secondary N) is 1. The van der Waals surface area contributed by atoms with Crippen molar-refractivity contribution in [2.75, 3.05) is 46.2 Å². The Morgan fingerprint density at radius 1 is 0.800 bits per heavy atom. The van der Waals surface area contributed by atoms with Gasteiger partial charge in [-0.1, -0.05) is 83.7 Å². The Morgan fingerprint density at radius 3 is 2.14 bits per heavy atom. The first-order valence-corrected chi connectivity index (χ1v) is 20.5. The van der Waals surface area contributed by atoms with Gasteiger partial charge in [-0.3, -0.25) is 4.79 Å². The molecule has 1 heterocycles. The summed E-state index contributed by atoms with van der Waals surface area (Å²) in [5.74, 6) is 0.998. The number of benzene rings is 2. The second-order valence-electron chi connectivity index (χ2n) is 14.1. The number of carbonyl (C=O) groups excluding carboxylic acids is 1. The number of thioether (sulfide) groups is 1. The fraction of sp³-hybridized carbons (Fsp3) is 0.690. The van der Waals surface area contributed by atoms with Crippen molar-refractivity contribution in [2.45, 2.75) is 140 Å². The van der Waals surface area contributed by atoms with Crippen LogP contribution in [0.2, 0.25) is 0 Å². The van der Waals surface area contributed by atoms with Gasteiger partial charge in [-0.25, -0.2) is 0 Å². The molecule has 1 aliphatic carbocycles. The van der Waals surface area contributed by atoms with Crippen LogP contribution in [-0.2, 0) is 36.6 Å². The Bertz CT molecular complexity index is 1230. The molecule has 280 valence electrons. The third-order valence-corrected chi connectivity index (χ3v) is 11.2. The average molecular weight is 712 g/mol. The fourth-order valence-electron chi connectivity index (χ4n) is 7.11. The van der Waals surface area contributed by atoms with Crippen molar-refractivity contribution >= 4 is 17.7 Å². The van der Waals surface area contributed by atoms with E-state index in [1.54, 1.807) is 6.92 Å². The summed E-state index contributed by atoms with van der Waals surface area (Å²) in [5.41, 5.74) is 3.93. The van der Waals surface area contributed by atoms with Gasteiger partial charge in [0.2, 0.25) is 5.91 Å². The summed E-state index contributed by atoms with van der Waals surface area (Å²) >= 11 is 2.00. The minimum Gasteiger partial charge on any atom is -0.491 e. The van der Waals surface area contributed by atoms with E-state index in [4.69, 9.17) is 23.7 Å². The molecule has 0 radical (unpaired) electrons. The Hall–Kier alpha value is -2.10. The summed E-state index contributed by atoms with van der Waals surface area (Å²) in [6.45, 7) is 14.7. The molecule has 1 N–H and O–H groups in total. The minimum atomic E-state index is -0.218. The molecule has 2 aromatic rings. The van der Waals surface area contributed by atoms with Gasteiger partial charge in [0.25, 0.3) is 0 Å². The van der Waals surface area contributed by atoms with Crippen molar-refractivity contribution in [3.63, 3.8) is 0 Å². The minimum absolute atomic E-state index is 0.0356. The van der Waals surface area contributed by atoms with E-state index in [2.05, 4.69) is 75.5 Å². The third kappa shape index (κ3) is 12.5. The van der Waals surface area contributed by atoms with Crippen LogP contribution < -0.4 is 10.1 Å². The molecule has 0 spiro atoms. The Kier molecular flexibility index (Phi) is 18.5. The largest absolute Gasteiger partial charge is 0.491 e. The van der Waals surface area contributed by atoms with Crippen LogP contribution in [0.15, 0.2) is 47.4 Å². The highest BCUT2D eigenvalue weighted by atomic mass is 32.2. The zero-order valence-corrected chi connectivity index (χ0v) is 32.4. The van der Waals surface area contributed by atoms with Crippen LogP contribution >= 0.6 is 11.8 Å². The number of carbonyl (C=O) groups is 1. The molecule has 8 heteroatoms. The molecule has 1 amide bonds. The van der Waals surface area contributed by atoms with E-state index in [0.717, 1.165) is 83.0 Å². The lowest BCUT2D eigenvalue weighted by Gasteiger charge is -2.47. The van der Waals surface area contributed by atoms with Gasteiger partial charge in [-0.05, 0) is 68.2 Å². The van der Waals surface area contributed by atoms with E-state index < -0.39 is 0 Å². The summed E-state index contributed by atoms with van der Waals surface area (Å²) in [6, 6.07) is 15.6. The van der Waals surface area contributed by atoms with Crippen LogP contribution in [0, 0.1) is 5.92 Å². The number of ether oxygens (including phenoxy) is 5. The van der Waals surface area contributed by atoms with Crippen molar-refractivity contribution < 1.29 is 28.5 Å². The normalized spacial score (nSPS) is 23.1. The lowest BCUT2D eigenvalue weighted by molar-refractivity contribution is -0.191. The summed E-state index contributed by atoms with van der Waals surface area (Å²) in [4.78, 5) is 13.0. The monoisotopic (exact) mass is 711 g/mol. The third-order valence-electron chi connectivity index (χ3n) is 9.85. The summed E-state index contributed by atoms with van der Waals surface area (Å²) in [5, 5.41) is 3.38. The van der Waals surface area contributed by atoms with Gasteiger partial charge in [0.15, 0.2) is 0 Å². The Labute approximate surface area is 307 Å². The van der Waals surface area contributed by atoms with Gasteiger partial charge in [0, 0.05) is 60.9 Å². The highest BCUT2D eigenvalue weighted by molar-refractivity contribution is 8.00. The van der Waals surface area contributed by atoms with Gasteiger partial charge in [0.1, 0.15) is 18.5 Å². The van der Waals surface area contributed by atoms with E-state index >= 15 is 0 Å². The molecule has 1 aliphatic heterocycles. The van der Waals surface area contributed by atoms with E-state index in [9.17, 15) is 4.79 Å². The van der Waals surface area contributed by atoms with Gasteiger partial charge in [-0.2, -0.15) is 0 Å².